The number of carbonyl (C=O) groups excluding carboxylic acids is 2. The molecule has 1 atom stereocenters. The van der Waals surface area contributed by atoms with Gasteiger partial charge in [0.1, 0.15) is 0 Å². The van der Waals surface area contributed by atoms with Gasteiger partial charge in [-0.15, -0.1) is 0 Å². The van der Waals surface area contributed by atoms with Gasteiger partial charge >= 0.3 is 5.97 Å². The van der Waals surface area contributed by atoms with Gasteiger partial charge in [-0.3, -0.25) is 4.79 Å². The molecule has 0 bridgehead atoms. The highest BCUT2D eigenvalue weighted by Gasteiger charge is 2.15. The quantitative estimate of drug-likeness (QED) is 0.801. The normalized spacial score (nSPS) is 11.7. The second-order valence-corrected chi connectivity index (χ2v) is 6.24. The lowest BCUT2D eigenvalue weighted by Gasteiger charge is -2.16. The first-order valence-corrected chi connectivity index (χ1v) is 8.10. The number of esters is 1. The Morgan fingerprint density at radius 3 is 2.42 bits per heavy atom. The van der Waals surface area contributed by atoms with Gasteiger partial charge in [0.25, 0.3) is 5.91 Å². The minimum atomic E-state index is -0.540. The third-order valence-corrected chi connectivity index (χ3v) is 3.99. The van der Waals surface area contributed by atoms with E-state index < -0.39 is 11.9 Å². The number of amides is 1. The summed E-state index contributed by atoms with van der Waals surface area (Å²) in [4.78, 5) is 23.8. The van der Waals surface area contributed by atoms with Crippen LogP contribution in [0.15, 0.2) is 42.5 Å². The maximum atomic E-state index is 11.9. The van der Waals surface area contributed by atoms with Crippen LogP contribution in [0.25, 0.3) is 0 Å². The number of hydrogen-bond donors (Lipinski definition) is 1. The van der Waals surface area contributed by atoms with E-state index in [0.717, 1.165) is 11.1 Å². The number of carbonyl (C=O) groups is 2. The summed E-state index contributed by atoms with van der Waals surface area (Å²) >= 11 is 12.0. The molecule has 126 valence electrons. The predicted molar refractivity (Wildman–Crippen MR) is 94.5 cm³/mol. The Hall–Kier alpha value is -2.04. The van der Waals surface area contributed by atoms with E-state index in [1.54, 1.807) is 49.4 Å². The summed E-state index contributed by atoms with van der Waals surface area (Å²) < 4.78 is 5.01. The molecule has 0 spiro atoms. The van der Waals surface area contributed by atoms with Crippen molar-refractivity contribution in [1.29, 1.82) is 0 Å². The van der Waals surface area contributed by atoms with E-state index in [9.17, 15) is 9.59 Å². The molecule has 0 aliphatic carbocycles. The molecule has 0 aliphatic rings. The molecule has 0 fully saturated rings. The van der Waals surface area contributed by atoms with E-state index >= 15 is 0 Å². The molecule has 1 N–H and O–H groups in total. The van der Waals surface area contributed by atoms with Crippen LogP contribution in [-0.4, -0.2) is 18.5 Å². The van der Waals surface area contributed by atoms with E-state index in [1.165, 1.54) is 0 Å². The zero-order valence-corrected chi connectivity index (χ0v) is 14.8. The average molecular weight is 366 g/mol. The Bertz CT molecular complexity index is 744. The third kappa shape index (κ3) is 4.98. The SMILES string of the molecule is Cc1ccc(C(=O)OCC(=O)N[C@@H](C)c2ccc(Cl)cc2Cl)cc1. The van der Waals surface area contributed by atoms with Crippen LogP contribution in [0.2, 0.25) is 10.0 Å². The third-order valence-electron chi connectivity index (χ3n) is 3.43. The van der Waals surface area contributed by atoms with Crippen LogP contribution in [0.1, 0.15) is 34.5 Å². The van der Waals surface area contributed by atoms with Crippen molar-refractivity contribution in [1.82, 2.24) is 5.32 Å². The van der Waals surface area contributed by atoms with Crippen LogP contribution >= 0.6 is 23.2 Å². The summed E-state index contributed by atoms with van der Waals surface area (Å²) in [5.41, 5.74) is 2.18. The molecule has 1 amide bonds. The molecular formula is C18H17Cl2NO3. The highest BCUT2D eigenvalue weighted by molar-refractivity contribution is 6.35. The summed E-state index contributed by atoms with van der Waals surface area (Å²) in [6.45, 7) is 3.35. The van der Waals surface area contributed by atoms with Crippen molar-refractivity contribution in [3.8, 4) is 0 Å². The number of aryl methyl sites for hydroxylation is 1. The number of hydrogen-bond acceptors (Lipinski definition) is 3. The van der Waals surface area contributed by atoms with Crippen LogP contribution in [0.3, 0.4) is 0 Å². The molecule has 2 rings (SSSR count). The summed E-state index contributed by atoms with van der Waals surface area (Å²) in [7, 11) is 0. The van der Waals surface area contributed by atoms with Crippen LogP contribution in [0, 0.1) is 6.92 Å². The van der Waals surface area contributed by atoms with Crippen LogP contribution < -0.4 is 5.32 Å². The summed E-state index contributed by atoms with van der Waals surface area (Å²) in [6, 6.07) is 11.6. The predicted octanol–water partition coefficient (Wildman–Crippen LogP) is 4.34. The Kier molecular flexibility index (Phi) is 6.23. The van der Waals surface area contributed by atoms with Gasteiger partial charge < -0.3 is 10.1 Å². The first-order chi connectivity index (χ1) is 11.4. The molecule has 0 saturated carbocycles. The standard InChI is InChI=1S/C18H17Cl2NO3/c1-11-3-5-13(6-4-11)18(23)24-10-17(22)21-12(2)15-8-7-14(19)9-16(15)20/h3-9,12H,10H2,1-2H3,(H,21,22)/t12-/m0/s1. The lowest BCUT2D eigenvalue weighted by atomic mass is 10.1. The average Bonchev–Trinajstić information content (AvgIpc) is 2.53. The second-order valence-electron chi connectivity index (χ2n) is 5.40. The highest BCUT2D eigenvalue weighted by Crippen LogP contribution is 2.25. The maximum Gasteiger partial charge on any atom is 0.338 e. The molecule has 24 heavy (non-hydrogen) atoms. The van der Waals surface area contributed by atoms with Crippen LogP contribution in [-0.2, 0) is 9.53 Å². The first kappa shape index (κ1) is 18.3. The topological polar surface area (TPSA) is 55.4 Å². The van der Waals surface area contributed by atoms with E-state index in [0.29, 0.717) is 15.6 Å². The lowest BCUT2D eigenvalue weighted by Crippen LogP contribution is -2.31. The molecule has 0 radical (unpaired) electrons. The minimum absolute atomic E-state index is 0.333. The minimum Gasteiger partial charge on any atom is -0.452 e. The summed E-state index contributed by atoms with van der Waals surface area (Å²) in [6.07, 6.45) is 0. The van der Waals surface area contributed by atoms with Crippen molar-refractivity contribution in [3.05, 3.63) is 69.2 Å². The second kappa shape index (κ2) is 8.18. The fraction of sp³-hybridized carbons (Fsp3) is 0.222. The fourth-order valence-corrected chi connectivity index (χ4v) is 2.69. The van der Waals surface area contributed by atoms with Crippen molar-refractivity contribution in [2.75, 3.05) is 6.61 Å². The molecule has 0 aliphatic heterocycles. The first-order valence-electron chi connectivity index (χ1n) is 7.35. The summed E-state index contributed by atoms with van der Waals surface area (Å²) in [5.74, 6) is -0.948. The van der Waals surface area contributed by atoms with Gasteiger partial charge in [-0.25, -0.2) is 4.79 Å². The Labute approximate surface area is 150 Å². The number of ether oxygens (including phenoxy) is 1. The van der Waals surface area contributed by atoms with Gasteiger partial charge in [0, 0.05) is 10.0 Å². The van der Waals surface area contributed by atoms with Crippen molar-refractivity contribution >= 4 is 35.1 Å². The van der Waals surface area contributed by atoms with Crippen molar-refractivity contribution in [3.63, 3.8) is 0 Å². The van der Waals surface area contributed by atoms with E-state index in [2.05, 4.69) is 5.32 Å². The van der Waals surface area contributed by atoms with E-state index in [4.69, 9.17) is 27.9 Å². The van der Waals surface area contributed by atoms with Gasteiger partial charge in [0.05, 0.1) is 11.6 Å². The highest BCUT2D eigenvalue weighted by atomic mass is 35.5. The number of nitrogens with one attached hydrogen (secondary N) is 1. The van der Waals surface area contributed by atoms with Gasteiger partial charge in [-0.2, -0.15) is 0 Å². The van der Waals surface area contributed by atoms with E-state index in [-0.39, 0.29) is 12.6 Å². The Morgan fingerprint density at radius 2 is 1.79 bits per heavy atom. The van der Waals surface area contributed by atoms with Crippen molar-refractivity contribution < 1.29 is 14.3 Å². The zero-order valence-electron chi connectivity index (χ0n) is 13.3. The van der Waals surface area contributed by atoms with Gasteiger partial charge in [-0.05, 0) is 43.7 Å². The molecule has 0 unspecified atom stereocenters. The molecule has 0 heterocycles. The number of benzene rings is 2. The van der Waals surface area contributed by atoms with E-state index in [1.807, 2.05) is 6.92 Å². The smallest absolute Gasteiger partial charge is 0.338 e. The number of halogens is 2. The maximum absolute atomic E-state index is 11.9. The fourth-order valence-electron chi connectivity index (χ4n) is 2.12. The van der Waals surface area contributed by atoms with Crippen molar-refractivity contribution in [2.24, 2.45) is 0 Å². The largest absolute Gasteiger partial charge is 0.452 e. The summed E-state index contributed by atoms with van der Waals surface area (Å²) in [5, 5.41) is 3.72. The molecule has 0 aromatic heterocycles. The molecule has 2 aromatic rings. The van der Waals surface area contributed by atoms with Crippen LogP contribution in [0.5, 0.6) is 0 Å². The number of rotatable bonds is 5. The molecule has 6 heteroatoms. The molecule has 2 aromatic carbocycles. The van der Waals surface area contributed by atoms with Crippen LogP contribution in [0.4, 0.5) is 0 Å². The van der Waals surface area contributed by atoms with Crippen molar-refractivity contribution in [2.45, 2.75) is 19.9 Å². The zero-order chi connectivity index (χ0) is 17.7. The Balaban J connectivity index is 1.88. The molecular weight excluding hydrogens is 349 g/mol. The molecule has 0 saturated heterocycles. The molecule has 4 nitrogen and oxygen atoms in total. The van der Waals surface area contributed by atoms with Gasteiger partial charge in [0.2, 0.25) is 0 Å². The van der Waals surface area contributed by atoms with Gasteiger partial charge in [-0.1, -0.05) is 47.0 Å². The lowest BCUT2D eigenvalue weighted by molar-refractivity contribution is -0.124. The van der Waals surface area contributed by atoms with Gasteiger partial charge in [0.15, 0.2) is 6.61 Å². The monoisotopic (exact) mass is 365 g/mol. The Morgan fingerprint density at radius 1 is 1.12 bits per heavy atom.